The van der Waals surface area contributed by atoms with Gasteiger partial charge in [0.2, 0.25) is 0 Å². The summed E-state index contributed by atoms with van der Waals surface area (Å²) in [5.74, 6) is 0. The van der Waals surface area contributed by atoms with Crippen molar-refractivity contribution in [2.24, 2.45) is 0 Å². The first kappa shape index (κ1) is 9.74. The molecule has 0 atom stereocenters. The minimum atomic E-state index is 1.24. The summed E-state index contributed by atoms with van der Waals surface area (Å²) in [5.41, 5.74) is 1.64. The quantitative estimate of drug-likeness (QED) is 0.508. The Labute approximate surface area is 65.3 Å². The van der Waals surface area contributed by atoms with Crippen LogP contribution in [0, 0.1) is 0 Å². The molecule has 0 aliphatic carbocycles. The zero-order chi connectivity index (χ0) is 7.82. The Hall–Kier alpha value is -0.260. The van der Waals surface area contributed by atoms with Crippen LogP contribution in [0.4, 0.5) is 0 Å². The highest BCUT2D eigenvalue weighted by Gasteiger charge is 1.89. The lowest BCUT2D eigenvalue weighted by atomic mass is 10.1. The van der Waals surface area contributed by atoms with E-state index < -0.39 is 0 Å². The van der Waals surface area contributed by atoms with Gasteiger partial charge in [-0.3, -0.25) is 0 Å². The van der Waals surface area contributed by atoms with E-state index in [1.54, 1.807) is 5.57 Å². The van der Waals surface area contributed by atoms with Gasteiger partial charge in [0.15, 0.2) is 0 Å². The fourth-order valence-electron chi connectivity index (χ4n) is 1.09. The summed E-state index contributed by atoms with van der Waals surface area (Å²) < 4.78 is 0. The SMILES string of the molecule is CCC/C=C(/CC)CCC. The van der Waals surface area contributed by atoms with Gasteiger partial charge in [-0.15, -0.1) is 0 Å². The van der Waals surface area contributed by atoms with Crippen molar-refractivity contribution in [2.45, 2.75) is 52.9 Å². The number of rotatable bonds is 5. The monoisotopic (exact) mass is 140 g/mol. The molecule has 0 unspecified atom stereocenters. The second-order valence-electron chi connectivity index (χ2n) is 2.75. The van der Waals surface area contributed by atoms with E-state index in [4.69, 9.17) is 0 Å². The standard InChI is InChI=1S/C10H20/c1-4-7-9-10(6-3)8-5-2/h9H,4-8H2,1-3H3/b10-9-. The second-order valence-corrected chi connectivity index (χ2v) is 2.75. The molecule has 0 saturated heterocycles. The molecule has 0 heterocycles. The van der Waals surface area contributed by atoms with Gasteiger partial charge in [-0.25, -0.2) is 0 Å². The zero-order valence-corrected chi connectivity index (χ0v) is 7.61. The summed E-state index contributed by atoms with van der Waals surface area (Å²) in [6, 6.07) is 0. The van der Waals surface area contributed by atoms with Crippen LogP contribution < -0.4 is 0 Å². The highest BCUT2D eigenvalue weighted by molar-refractivity contribution is 5.00. The molecule has 0 N–H and O–H groups in total. The lowest BCUT2D eigenvalue weighted by molar-refractivity contribution is 0.835. The summed E-state index contributed by atoms with van der Waals surface area (Å²) in [7, 11) is 0. The van der Waals surface area contributed by atoms with Crippen molar-refractivity contribution in [1.82, 2.24) is 0 Å². The molecule has 0 aromatic heterocycles. The molecule has 0 saturated carbocycles. The Balaban J connectivity index is 3.55. The summed E-state index contributed by atoms with van der Waals surface area (Å²) >= 11 is 0. The molecule has 0 nitrogen and oxygen atoms in total. The van der Waals surface area contributed by atoms with Crippen molar-refractivity contribution in [1.29, 1.82) is 0 Å². The number of allylic oxidation sites excluding steroid dienone is 2. The van der Waals surface area contributed by atoms with Crippen molar-refractivity contribution in [3.63, 3.8) is 0 Å². The van der Waals surface area contributed by atoms with Crippen LogP contribution in [0.3, 0.4) is 0 Å². The van der Waals surface area contributed by atoms with Crippen LogP contribution in [0.5, 0.6) is 0 Å². The van der Waals surface area contributed by atoms with Gasteiger partial charge in [-0.05, 0) is 19.3 Å². The van der Waals surface area contributed by atoms with Crippen molar-refractivity contribution in [2.75, 3.05) is 0 Å². The number of hydrogen-bond acceptors (Lipinski definition) is 0. The predicted molar refractivity (Wildman–Crippen MR) is 48.2 cm³/mol. The van der Waals surface area contributed by atoms with Gasteiger partial charge in [0.1, 0.15) is 0 Å². The Morgan fingerprint density at radius 3 is 2.20 bits per heavy atom. The van der Waals surface area contributed by atoms with E-state index in [0.717, 1.165) is 0 Å². The molecule has 0 radical (unpaired) electrons. The summed E-state index contributed by atoms with van der Waals surface area (Å²) in [4.78, 5) is 0. The first-order valence-electron chi connectivity index (χ1n) is 4.53. The van der Waals surface area contributed by atoms with Crippen LogP contribution in [-0.2, 0) is 0 Å². The molecule has 0 amide bonds. The molecule has 0 aliphatic heterocycles. The van der Waals surface area contributed by atoms with Gasteiger partial charge >= 0.3 is 0 Å². The fraction of sp³-hybridized carbons (Fsp3) is 0.800. The maximum Gasteiger partial charge on any atom is -0.0323 e. The van der Waals surface area contributed by atoms with Crippen LogP contribution in [0.1, 0.15) is 52.9 Å². The van der Waals surface area contributed by atoms with E-state index in [1.807, 2.05) is 0 Å². The Kier molecular flexibility index (Phi) is 6.68. The van der Waals surface area contributed by atoms with E-state index >= 15 is 0 Å². The molecule has 0 fully saturated rings. The average Bonchev–Trinajstić information content (AvgIpc) is 1.98. The minimum Gasteiger partial charge on any atom is -0.0854 e. The fourth-order valence-corrected chi connectivity index (χ4v) is 1.09. The molecule has 10 heavy (non-hydrogen) atoms. The van der Waals surface area contributed by atoms with E-state index in [2.05, 4.69) is 26.8 Å². The highest BCUT2D eigenvalue weighted by atomic mass is 14.0. The third-order valence-electron chi connectivity index (χ3n) is 1.75. The maximum absolute atomic E-state index is 2.41. The van der Waals surface area contributed by atoms with Crippen molar-refractivity contribution in [3.05, 3.63) is 11.6 Å². The molecule has 0 aliphatic rings. The summed E-state index contributed by atoms with van der Waals surface area (Å²) in [5, 5.41) is 0. The van der Waals surface area contributed by atoms with Gasteiger partial charge < -0.3 is 0 Å². The molecule has 0 heteroatoms. The van der Waals surface area contributed by atoms with Crippen LogP contribution in [0.2, 0.25) is 0 Å². The summed E-state index contributed by atoms with van der Waals surface area (Å²) in [6.45, 7) is 6.72. The van der Waals surface area contributed by atoms with Crippen molar-refractivity contribution < 1.29 is 0 Å². The Morgan fingerprint density at radius 2 is 1.80 bits per heavy atom. The normalized spacial score (nSPS) is 12.1. The summed E-state index contributed by atoms with van der Waals surface area (Å²) in [6.07, 6.45) is 8.80. The molecule has 0 aromatic carbocycles. The van der Waals surface area contributed by atoms with Crippen LogP contribution in [0.25, 0.3) is 0 Å². The molecular weight excluding hydrogens is 120 g/mol. The molecule has 60 valence electrons. The number of hydrogen-bond donors (Lipinski definition) is 0. The van der Waals surface area contributed by atoms with Gasteiger partial charge in [0.25, 0.3) is 0 Å². The predicted octanol–water partition coefficient (Wildman–Crippen LogP) is 3.92. The molecule has 0 bridgehead atoms. The van der Waals surface area contributed by atoms with Gasteiger partial charge in [-0.1, -0.05) is 45.3 Å². The van der Waals surface area contributed by atoms with Crippen LogP contribution >= 0.6 is 0 Å². The third-order valence-corrected chi connectivity index (χ3v) is 1.75. The van der Waals surface area contributed by atoms with Gasteiger partial charge in [0, 0.05) is 0 Å². The number of unbranched alkanes of at least 4 members (excludes halogenated alkanes) is 1. The minimum absolute atomic E-state index is 1.24. The van der Waals surface area contributed by atoms with Gasteiger partial charge in [-0.2, -0.15) is 0 Å². The molecular formula is C10H20. The van der Waals surface area contributed by atoms with E-state index in [-0.39, 0.29) is 0 Å². The van der Waals surface area contributed by atoms with Crippen LogP contribution in [-0.4, -0.2) is 0 Å². The average molecular weight is 140 g/mol. The van der Waals surface area contributed by atoms with E-state index in [1.165, 1.54) is 32.1 Å². The van der Waals surface area contributed by atoms with E-state index in [0.29, 0.717) is 0 Å². The van der Waals surface area contributed by atoms with Crippen molar-refractivity contribution >= 4 is 0 Å². The van der Waals surface area contributed by atoms with E-state index in [9.17, 15) is 0 Å². The van der Waals surface area contributed by atoms with Gasteiger partial charge in [0.05, 0.1) is 0 Å². The first-order chi connectivity index (χ1) is 4.85. The zero-order valence-electron chi connectivity index (χ0n) is 7.61. The maximum atomic E-state index is 2.41. The third kappa shape index (κ3) is 4.60. The Bertz CT molecular complexity index is 90.2. The largest absolute Gasteiger partial charge is 0.0854 e. The molecule has 0 spiro atoms. The second kappa shape index (κ2) is 6.85. The smallest absolute Gasteiger partial charge is 0.0323 e. The first-order valence-corrected chi connectivity index (χ1v) is 4.53. The Morgan fingerprint density at radius 1 is 1.10 bits per heavy atom. The lowest BCUT2D eigenvalue weighted by Crippen LogP contribution is -1.79. The highest BCUT2D eigenvalue weighted by Crippen LogP contribution is 2.10. The molecule has 0 aromatic rings. The lowest BCUT2D eigenvalue weighted by Gasteiger charge is -2.00. The van der Waals surface area contributed by atoms with Crippen molar-refractivity contribution in [3.8, 4) is 0 Å². The molecule has 0 rings (SSSR count). The van der Waals surface area contributed by atoms with Crippen LogP contribution in [0.15, 0.2) is 11.6 Å². The topological polar surface area (TPSA) is 0 Å².